The summed E-state index contributed by atoms with van der Waals surface area (Å²) in [5, 5.41) is 0. The summed E-state index contributed by atoms with van der Waals surface area (Å²) in [5.41, 5.74) is 5.88. The van der Waals surface area contributed by atoms with Gasteiger partial charge in [-0.15, -0.1) is 0 Å². The minimum absolute atomic E-state index is 0.0231. The van der Waals surface area contributed by atoms with Gasteiger partial charge in [0.1, 0.15) is 0 Å². The molecule has 0 bridgehead atoms. The van der Waals surface area contributed by atoms with Crippen molar-refractivity contribution in [2.45, 2.75) is 37.3 Å². The van der Waals surface area contributed by atoms with E-state index in [0.29, 0.717) is 6.61 Å². The Kier molecular flexibility index (Phi) is 3.50. The lowest BCUT2D eigenvalue weighted by Gasteiger charge is -2.33. The third-order valence-electron chi connectivity index (χ3n) is 2.88. The molecule has 72 valence electrons. The van der Waals surface area contributed by atoms with E-state index in [9.17, 15) is 0 Å². The smallest absolute Gasteiger partial charge is 0.0851 e. The molecule has 3 nitrogen and oxygen atoms in total. The highest BCUT2D eigenvalue weighted by atomic mass is 16.5. The molecule has 1 aliphatic carbocycles. The number of ether oxygens (including phenoxy) is 2. The molecular formula is C9H19NO2. The fourth-order valence-electron chi connectivity index (χ4n) is 2.03. The molecule has 0 aromatic carbocycles. The Hall–Kier alpha value is -0.120. The Morgan fingerprint density at radius 2 is 1.92 bits per heavy atom. The van der Waals surface area contributed by atoms with E-state index in [4.69, 9.17) is 15.2 Å². The molecule has 1 atom stereocenters. The molecule has 2 N–H and O–H groups in total. The van der Waals surface area contributed by atoms with Gasteiger partial charge in [0.15, 0.2) is 0 Å². The van der Waals surface area contributed by atoms with Crippen molar-refractivity contribution in [1.29, 1.82) is 0 Å². The standard InChI is InChI=1S/C9H19NO2/c1-11-7-8(10)9(12-2)5-3-4-6-9/h8H,3-7,10H2,1-2H3. The molecule has 0 radical (unpaired) electrons. The maximum Gasteiger partial charge on any atom is 0.0851 e. The predicted molar refractivity (Wildman–Crippen MR) is 48.1 cm³/mol. The van der Waals surface area contributed by atoms with Crippen LogP contribution in [0.25, 0.3) is 0 Å². The zero-order valence-corrected chi connectivity index (χ0v) is 8.01. The maximum absolute atomic E-state index is 5.98. The van der Waals surface area contributed by atoms with Crippen LogP contribution in [0.3, 0.4) is 0 Å². The average Bonchev–Trinajstić information content (AvgIpc) is 2.54. The van der Waals surface area contributed by atoms with Crippen LogP contribution in [0.4, 0.5) is 0 Å². The second kappa shape index (κ2) is 4.21. The number of nitrogens with two attached hydrogens (primary N) is 1. The number of methoxy groups -OCH3 is 2. The second-order valence-electron chi connectivity index (χ2n) is 3.54. The minimum Gasteiger partial charge on any atom is -0.383 e. The molecule has 0 aliphatic heterocycles. The number of rotatable bonds is 4. The normalized spacial score (nSPS) is 24.2. The Bertz CT molecular complexity index is 132. The van der Waals surface area contributed by atoms with Gasteiger partial charge in [-0.1, -0.05) is 12.8 Å². The van der Waals surface area contributed by atoms with Gasteiger partial charge in [0.25, 0.3) is 0 Å². The Labute approximate surface area is 74.2 Å². The average molecular weight is 173 g/mol. The number of hydrogen-bond acceptors (Lipinski definition) is 3. The van der Waals surface area contributed by atoms with E-state index in [-0.39, 0.29) is 11.6 Å². The van der Waals surface area contributed by atoms with Crippen molar-refractivity contribution < 1.29 is 9.47 Å². The van der Waals surface area contributed by atoms with Gasteiger partial charge in [-0.25, -0.2) is 0 Å². The summed E-state index contributed by atoms with van der Waals surface area (Å²) < 4.78 is 10.5. The Morgan fingerprint density at radius 1 is 1.33 bits per heavy atom. The Morgan fingerprint density at radius 3 is 2.33 bits per heavy atom. The minimum atomic E-state index is -0.101. The van der Waals surface area contributed by atoms with Crippen molar-refractivity contribution in [2.75, 3.05) is 20.8 Å². The quantitative estimate of drug-likeness (QED) is 0.687. The van der Waals surface area contributed by atoms with Crippen LogP contribution in [0.2, 0.25) is 0 Å². The first kappa shape index (κ1) is 9.96. The molecule has 0 saturated heterocycles. The third kappa shape index (κ3) is 1.79. The largest absolute Gasteiger partial charge is 0.383 e. The molecule has 1 unspecified atom stereocenters. The summed E-state index contributed by atoms with van der Waals surface area (Å²) in [7, 11) is 3.43. The van der Waals surface area contributed by atoms with Crippen molar-refractivity contribution in [3.8, 4) is 0 Å². The highest BCUT2D eigenvalue weighted by molar-refractivity contribution is 4.94. The molecule has 12 heavy (non-hydrogen) atoms. The number of hydrogen-bond donors (Lipinski definition) is 1. The van der Waals surface area contributed by atoms with Crippen LogP contribution in [-0.2, 0) is 9.47 Å². The summed E-state index contributed by atoms with van der Waals surface area (Å²) in [6.45, 7) is 0.591. The van der Waals surface area contributed by atoms with E-state index in [1.165, 1.54) is 12.8 Å². The van der Waals surface area contributed by atoms with Crippen LogP contribution in [0.5, 0.6) is 0 Å². The van der Waals surface area contributed by atoms with E-state index in [1.807, 2.05) is 0 Å². The molecule has 1 fully saturated rings. The van der Waals surface area contributed by atoms with Gasteiger partial charge in [-0.2, -0.15) is 0 Å². The molecule has 0 amide bonds. The molecule has 0 aromatic heterocycles. The molecule has 1 saturated carbocycles. The zero-order valence-electron chi connectivity index (χ0n) is 8.01. The fraction of sp³-hybridized carbons (Fsp3) is 1.00. The highest BCUT2D eigenvalue weighted by Gasteiger charge is 2.39. The molecule has 1 rings (SSSR count). The predicted octanol–water partition coefficient (Wildman–Crippen LogP) is 0.919. The molecular weight excluding hydrogens is 154 g/mol. The maximum atomic E-state index is 5.98. The van der Waals surface area contributed by atoms with Crippen LogP contribution in [-0.4, -0.2) is 32.5 Å². The summed E-state index contributed by atoms with van der Waals surface area (Å²) in [4.78, 5) is 0. The summed E-state index contributed by atoms with van der Waals surface area (Å²) in [6, 6.07) is 0.0231. The first-order valence-electron chi connectivity index (χ1n) is 4.55. The van der Waals surface area contributed by atoms with Gasteiger partial charge in [-0.3, -0.25) is 0 Å². The lowest BCUT2D eigenvalue weighted by atomic mass is 9.93. The van der Waals surface area contributed by atoms with Crippen LogP contribution >= 0.6 is 0 Å². The summed E-state index contributed by atoms with van der Waals surface area (Å²) in [5.74, 6) is 0. The molecule has 3 heteroatoms. The lowest BCUT2D eigenvalue weighted by Crippen LogP contribution is -2.50. The van der Waals surface area contributed by atoms with Crippen molar-refractivity contribution in [2.24, 2.45) is 5.73 Å². The fourth-order valence-corrected chi connectivity index (χ4v) is 2.03. The van der Waals surface area contributed by atoms with E-state index in [0.717, 1.165) is 12.8 Å². The first-order valence-corrected chi connectivity index (χ1v) is 4.55. The molecule has 1 aliphatic rings. The van der Waals surface area contributed by atoms with E-state index in [1.54, 1.807) is 14.2 Å². The second-order valence-corrected chi connectivity index (χ2v) is 3.54. The van der Waals surface area contributed by atoms with Crippen molar-refractivity contribution in [3.05, 3.63) is 0 Å². The zero-order chi connectivity index (χ0) is 9.03. The topological polar surface area (TPSA) is 44.5 Å². The van der Waals surface area contributed by atoms with Crippen LogP contribution < -0.4 is 5.73 Å². The van der Waals surface area contributed by atoms with Crippen LogP contribution in [0.15, 0.2) is 0 Å². The van der Waals surface area contributed by atoms with Gasteiger partial charge in [0, 0.05) is 14.2 Å². The third-order valence-corrected chi connectivity index (χ3v) is 2.88. The highest BCUT2D eigenvalue weighted by Crippen LogP contribution is 2.34. The van der Waals surface area contributed by atoms with Crippen molar-refractivity contribution in [1.82, 2.24) is 0 Å². The monoisotopic (exact) mass is 173 g/mol. The van der Waals surface area contributed by atoms with Crippen molar-refractivity contribution in [3.63, 3.8) is 0 Å². The SMILES string of the molecule is COCC(N)C1(OC)CCCC1. The van der Waals surface area contributed by atoms with Gasteiger partial charge in [-0.05, 0) is 12.8 Å². The molecule has 0 heterocycles. The van der Waals surface area contributed by atoms with E-state index in [2.05, 4.69) is 0 Å². The van der Waals surface area contributed by atoms with Crippen molar-refractivity contribution >= 4 is 0 Å². The van der Waals surface area contributed by atoms with Gasteiger partial charge < -0.3 is 15.2 Å². The van der Waals surface area contributed by atoms with E-state index < -0.39 is 0 Å². The molecule has 0 aromatic rings. The Balaban J connectivity index is 2.52. The van der Waals surface area contributed by atoms with Crippen LogP contribution in [0.1, 0.15) is 25.7 Å². The van der Waals surface area contributed by atoms with E-state index >= 15 is 0 Å². The van der Waals surface area contributed by atoms with Crippen LogP contribution in [0, 0.1) is 0 Å². The first-order chi connectivity index (χ1) is 5.75. The lowest BCUT2D eigenvalue weighted by molar-refractivity contribution is -0.0432. The van der Waals surface area contributed by atoms with Gasteiger partial charge in [0.2, 0.25) is 0 Å². The van der Waals surface area contributed by atoms with Gasteiger partial charge >= 0.3 is 0 Å². The van der Waals surface area contributed by atoms with Gasteiger partial charge in [0.05, 0.1) is 18.2 Å². The summed E-state index contributed by atoms with van der Waals surface area (Å²) >= 11 is 0. The summed E-state index contributed by atoms with van der Waals surface area (Å²) in [6.07, 6.45) is 4.61. The molecule has 0 spiro atoms.